The van der Waals surface area contributed by atoms with Crippen LogP contribution in [0.4, 0.5) is 5.69 Å². The summed E-state index contributed by atoms with van der Waals surface area (Å²) in [4.78, 5) is 29.0. The van der Waals surface area contributed by atoms with E-state index in [1.807, 2.05) is 24.3 Å². The van der Waals surface area contributed by atoms with Crippen LogP contribution < -0.4 is 10.1 Å². The fourth-order valence-electron chi connectivity index (χ4n) is 3.51. The van der Waals surface area contributed by atoms with E-state index in [0.717, 1.165) is 12.5 Å². The lowest BCUT2D eigenvalue weighted by molar-refractivity contribution is -0.120. The van der Waals surface area contributed by atoms with Gasteiger partial charge in [0.25, 0.3) is 17.7 Å². The maximum absolute atomic E-state index is 13.5. The van der Waals surface area contributed by atoms with Gasteiger partial charge in [0.15, 0.2) is 0 Å². The zero-order chi connectivity index (χ0) is 26.3. The van der Waals surface area contributed by atoms with Crippen molar-refractivity contribution >= 4 is 27.5 Å². The number of aromatic hydroxyl groups is 1. The van der Waals surface area contributed by atoms with E-state index < -0.39 is 33.8 Å². The first-order chi connectivity index (χ1) is 17.1. The van der Waals surface area contributed by atoms with Crippen LogP contribution in [0.2, 0.25) is 0 Å². The predicted octanol–water partition coefficient (Wildman–Crippen LogP) is 4.30. The van der Waals surface area contributed by atoms with Gasteiger partial charge in [0.05, 0.1) is 12.7 Å². The average Bonchev–Trinajstić information content (AvgIpc) is 3.28. The summed E-state index contributed by atoms with van der Waals surface area (Å²) in [5, 5.41) is 15.7. The van der Waals surface area contributed by atoms with Gasteiger partial charge in [-0.2, -0.15) is 0 Å². The summed E-state index contributed by atoms with van der Waals surface area (Å²) in [6.45, 7) is 1.10. The summed E-state index contributed by atoms with van der Waals surface area (Å²) < 4.78 is 15.6. The topological polar surface area (TPSA) is 114 Å². The highest BCUT2D eigenvalue weighted by atomic mass is 32.3. The molecule has 0 aliphatic heterocycles. The zero-order valence-corrected chi connectivity index (χ0v) is 22.0. The fraction of sp³-hybridized carbons (Fsp3) is 0.346. The van der Waals surface area contributed by atoms with Crippen molar-refractivity contribution in [3.8, 4) is 11.6 Å². The van der Waals surface area contributed by atoms with E-state index >= 15 is 0 Å². The summed E-state index contributed by atoms with van der Waals surface area (Å²) in [6.07, 6.45) is 7.34. The van der Waals surface area contributed by atoms with Gasteiger partial charge in [-0.3, -0.25) is 9.59 Å². The van der Waals surface area contributed by atoms with E-state index in [2.05, 4.69) is 29.2 Å². The van der Waals surface area contributed by atoms with Gasteiger partial charge < -0.3 is 29.3 Å². The monoisotopic (exact) mass is 515 g/mol. The van der Waals surface area contributed by atoms with Crippen LogP contribution in [-0.4, -0.2) is 73.1 Å². The van der Waals surface area contributed by atoms with Crippen LogP contribution in [0.3, 0.4) is 0 Å². The molecule has 0 aliphatic carbocycles. The van der Waals surface area contributed by atoms with Gasteiger partial charge in [-0.05, 0) is 70.8 Å². The maximum Gasteiger partial charge on any atom is 0.293 e. The molecule has 36 heavy (non-hydrogen) atoms. The molecule has 1 unspecified atom stereocenters. The third-order valence-electron chi connectivity index (χ3n) is 5.45. The number of anilines is 1. The molecular formula is C26H33N3O6S. The van der Waals surface area contributed by atoms with Crippen LogP contribution in [0.5, 0.6) is 11.6 Å². The number of aromatic nitrogens is 1. The SMILES string of the molecule is COCCCOc1ccc(C(C(=O)Nc2ccc(S(C)(C)C)cc2)N(C)C(=O)c2cc(O)no2)cc1. The van der Waals surface area contributed by atoms with E-state index in [4.69, 9.17) is 14.0 Å². The molecule has 10 heteroatoms. The largest absolute Gasteiger partial charge is 0.494 e. The van der Waals surface area contributed by atoms with Crippen molar-refractivity contribution in [1.29, 1.82) is 0 Å². The lowest BCUT2D eigenvalue weighted by atomic mass is 10.0. The molecule has 1 atom stereocenters. The van der Waals surface area contributed by atoms with E-state index in [0.29, 0.717) is 30.2 Å². The average molecular weight is 516 g/mol. The van der Waals surface area contributed by atoms with Crippen molar-refractivity contribution in [2.45, 2.75) is 17.4 Å². The summed E-state index contributed by atoms with van der Waals surface area (Å²) >= 11 is 0. The number of carbonyl (C=O) groups excluding carboxylic acids is 2. The van der Waals surface area contributed by atoms with Crippen molar-refractivity contribution in [2.24, 2.45) is 0 Å². The van der Waals surface area contributed by atoms with Gasteiger partial charge >= 0.3 is 0 Å². The quantitative estimate of drug-likeness (QED) is 0.366. The number of amides is 2. The molecule has 0 saturated heterocycles. The van der Waals surface area contributed by atoms with Gasteiger partial charge in [-0.25, -0.2) is 10.0 Å². The van der Waals surface area contributed by atoms with Gasteiger partial charge in [0.2, 0.25) is 5.76 Å². The van der Waals surface area contributed by atoms with Crippen molar-refractivity contribution in [1.82, 2.24) is 10.1 Å². The van der Waals surface area contributed by atoms with E-state index in [9.17, 15) is 14.7 Å². The minimum absolute atomic E-state index is 0.177. The van der Waals surface area contributed by atoms with E-state index in [-0.39, 0.29) is 5.76 Å². The van der Waals surface area contributed by atoms with Crippen LogP contribution in [0.25, 0.3) is 0 Å². The number of benzene rings is 2. The van der Waals surface area contributed by atoms with Crippen molar-refractivity contribution in [3.05, 3.63) is 65.9 Å². The van der Waals surface area contributed by atoms with Crippen LogP contribution in [-0.2, 0) is 9.53 Å². The first-order valence-electron chi connectivity index (χ1n) is 11.3. The second-order valence-electron chi connectivity index (χ2n) is 8.98. The number of hydrogen-bond acceptors (Lipinski definition) is 7. The Labute approximate surface area is 212 Å². The molecule has 0 spiro atoms. The minimum atomic E-state index is -0.986. The molecule has 3 aromatic rings. The van der Waals surface area contributed by atoms with Gasteiger partial charge in [0.1, 0.15) is 11.8 Å². The number of rotatable bonds is 11. The summed E-state index contributed by atoms with van der Waals surface area (Å²) in [7, 11) is 2.23. The molecule has 0 radical (unpaired) electrons. The molecule has 1 heterocycles. The second kappa shape index (κ2) is 12.0. The number of nitrogens with zero attached hydrogens (tertiary/aromatic N) is 2. The molecule has 0 bridgehead atoms. The summed E-state index contributed by atoms with van der Waals surface area (Å²) in [6, 6.07) is 14.8. The first kappa shape index (κ1) is 27.1. The molecule has 0 aliphatic rings. The van der Waals surface area contributed by atoms with Crippen LogP contribution in [0.15, 0.2) is 64.0 Å². The maximum atomic E-state index is 13.5. The molecule has 3 rings (SSSR count). The Bertz CT molecular complexity index is 1160. The number of carbonyl (C=O) groups is 2. The Hall–Kier alpha value is -3.50. The van der Waals surface area contributed by atoms with Gasteiger partial charge in [0, 0.05) is 32.9 Å². The zero-order valence-electron chi connectivity index (χ0n) is 21.2. The molecule has 2 amide bonds. The highest BCUT2D eigenvalue weighted by Crippen LogP contribution is 2.45. The molecule has 0 saturated carbocycles. The van der Waals surface area contributed by atoms with Crippen LogP contribution in [0, 0.1) is 0 Å². The highest BCUT2D eigenvalue weighted by Gasteiger charge is 2.31. The molecule has 194 valence electrons. The van der Waals surface area contributed by atoms with Crippen LogP contribution >= 0.6 is 10.0 Å². The second-order valence-corrected chi connectivity index (χ2v) is 13.1. The third-order valence-corrected chi connectivity index (χ3v) is 7.14. The van der Waals surface area contributed by atoms with Crippen molar-refractivity contribution in [2.75, 3.05) is 51.5 Å². The summed E-state index contributed by atoms with van der Waals surface area (Å²) in [5.74, 6) is -0.954. The molecule has 2 aromatic carbocycles. The highest BCUT2D eigenvalue weighted by molar-refractivity contribution is 8.32. The van der Waals surface area contributed by atoms with Gasteiger partial charge in [-0.15, -0.1) is 0 Å². The number of ether oxygens (including phenoxy) is 2. The lowest BCUT2D eigenvalue weighted by Gasteiger charge is -2.28. The van der Waals surface area contributed by atoms with Crippen molar-refractivity contribution < 1.29 is 28.7 Å². The molecule has 2 N–H and O–H groups in total. The van der Waals surface area contributed by atoms with Crippen molar-refractivity contribution in [3.63, 3.8) is 0 Å². The van der Waals surface area contributed by atoms with E-state index in [1.165, 1.54) is 16.8 Å². The van der Waals surface area contributed by atoms with Gasteiger partial charge in [-0.1, -0.05) is 12.1 Å². The number of methoxy groups -OCH3 is 1. The molecule has 9 nitrogen and oxygen atoms in total. The normalized spacial score (nSPS) is 12.6. The summed E-state index contributed by atoms with van der Waals surface area (Å²) in [5.41, 5.74) is 1.20. The third kappa shape index (κ3) is 7.02. The molecule has 1 aromatic heterocycles. The standard InChI is InChI=1S/C26H33N3O6S/c1-29(26(32)22-17-23(30)28-35-22)24(18-7-11-20(12-8-18)34-16-6-15-33-2)25(31)27-19-9-13-21(14-10-19)36(3,4)5/h7-14,17,24H,6,15-16H2,1-5H3,(H,27,31)(H,28,30). The Kier molecular flexibility index (Phi) is 9.00. The Morgan fingerprint density at radius 2 is 1.75 bits per heavy atom. The lowest BCUT2D eigenvalue weighted by Crippen LogP contribution is -2.38. The molecule has 0 fully saturated rings. The number of likely N-dealkylation sites (N-methyl/N-ethyl adjacent to an activating group) is 1. The van der Waals surface area contributed by atoms with E-state index in [1.54, 1.807) is 31.4 Å². The number of nitrogens with one attached hydrogen (secondary N) is 1. The smallest absolute Gasteiger partial charge is 0.293 e. The predicted molar refractivity (Wildman–Crippen MR) is 140 cm³/mol. The Balaban J connectivity index is 1.84. The first-order valence-corrected chi connectivity index (χ1v) is 14.2. The fourth-order valence-corrected chi connectivity index (χ4v) is 4.46. The Morgan fingerprint density at radius 3 is 2.31 bits per heavy atom. The number of hydrogen-bond donors (Lipinski definition) is 2. The van der Waals surface area contributed by atoms with Crippen LogP contribution in [0.1, 0.15) is 28.6 Å². The minimum Gasteiger partial charge on any atom is -0.494 e. The Morgan fingerprint density at radius 1 is 1.08 bits per heavy atom. The molecular weight excluding hydrogens is 482 g/mol.